The van der Waals surface area contributed by atoms with Crippen molar-refractivity contribution in [3.8, 4) is 0 Å². The van der Waals surface area contributed by atoms with Crippen molar-refractivity contribution < 1.29 is 12.8 Å². The molecule has 1 aromatic heterocycles. The standard InChI is InChI=1S/C19H17FN2O2S/c1-15-5-11-18(12-6-15)25(23,24)22(19-4-2-3-13-21-19)14-16-7-9-17(20)10-8-16/h2-13H,14H2,1H3. The van der Waals surface area contributed by atoms with Gasteiger partial charge in [-0.25, -0.2) is 22.1 Å². The zero-order valence-corrected chi connectivity index (χ0v) is 14.4. The van der Waals surface area contributed by atoms with E-state index in [1.165, 1.54) is 22.6 Å². The van der Waals surface area contributed by atoms with E-state index in [1.807, 2.05) is 6.92 Å². The number of anilines is 1. The van der Waals surface area contributed by atoms with Crippen LogP contribution >= 0.6 is 0 Å². The van der Waals surface area contributed by atoms with E-state index in [2.05, 4.69) is 4.98 Å². The fourth-order valence-electron chi connectivity index (χ4n) is 2.38. The average molecular weight is 356 g/mol. The Morgan fingerprint density at radius 2 is 1.64 bits per heavy atom. The Labute approximate surface area is 146 Å². The molecule has 0 saturated carbocycles. The van der Waals surface area contributed by atoms with Crippen LogP contribution in [0.5, 0.6) is 0 Å². The van der Waals surface area contributed by atoms with Gasteiger partial charge in [-0.1, -0.05) is 35.9 Å². The molecule has 0 saturated heterocycles. The second-order valence-corrected chi connectivity index (χ2v) is 7.50. The molecule has 0 fully saturated rings. The molecule has 3 aromatic rings. The van der Waals surface area contributed by atoms with Gasteiger partial charge in [0.25, 0.3) is 10.0 Å². The van der Waals surface area contributed by atoms with Crippen molar-refractivity contribution in [2.45, 2.75) is 18.4 Å². The van der Waals surface area contributed by atoms with Crippen LogP contribution in [0, 0.1) is 12.7 Å². The van der Waals surface area contributed by atoms with Gasteiger partial charge in [0.05, 0.1) is 11.4 Å². The third-order valence-corrected chi connectivity index (χ3v) is 5.52. The molecule has 1 heterocycles. The molecule has 0 radical (unpaired) electrons. The van der Waals surface area contributed by atoms with Crippen molar-refractivity contribution in [3.05, 3.63) is 89.9 Å². The Hall–Kier alpha value is -2.73. The highest BCUT2D eigenvalue weighted by Crippen LogP contribution is 2.24. The molecule has 3 rings (SSSR count). The highest BCUT2D eigenvalue weighted by molar-refractivity contribution is 7.92. The first-order valence-corrected chi connectivity index (χ1v) is 9.16. The normalized spacial score (nSPS) is 11.3. The van der Waals surface area contributed by atoms with E-state index in [0.29, 0.717) is 11.4 Å². The van der Waals surface area contributed by atoms with Crippen LogP contribution in [0.4, 0.5) is 10.2 Å². The van der Waals surface area contributed by atoms with E-state index in [-0.39, 0.29) is 17.3 Å². The highest BCUT2D eigenvalue weighted by Gasteiger charge is 2.26. The summed E-state index contributed by atoms with van der Waals surface area (Å²) in [5, 5.41) is 0. The summed E-state index contributed by atoms with van der Waals surface area (Å²) < 4.78 is 40.6. The van der Waals surface area contributed by atoms with E-state index >= 15 is 0 Å². The third kappa shape index (κ3) is 3.85. The van der Waals surface area contributed by atoms with E-state index in [4.69, 9.17) is 0 Å². The maximum Gasteiger partial charge on any atom is 0.265 e. The zero-order valence-electron chi connectivity index (χ0n) is 13.6. The van der Waals surface area contributed by atoms with Gasteiger partial charge in [0.2, 0.25) is 0 Å². The molecule has 25 heavy (non-hydrogen) atoms. The molecule has 4 nitrogen and oxygen atoms in total. The molecule has 0 N–H and O–H groups in total. The van der Waals surface area contributed by atoms with Crippen LogP contribution in [-0.2, 0) is 16.6 Å². The summed E-state index contributed by atoms with van der Waals surface area (Å²) >= 11 is 0. The SMILES string of the molecule is Cc1ccc(S(=O)(=O)N(Cc2ccc(F)cc2)c2ccccn2)cc1. The van der Waals surface area contributed by atoms with Crippen LogP contribution in [0.15, 0.2) is 77.8 Å². The molecule has 6 heteroatoms. The van der Waals surface area contributed by atoms with Crippen LogP contribution in [0.1, 0.15) is 11.1 Å². The van der Waals surface area contributed by atoms with Crippen molar-refractivity contribution in [2.24, 2.45) is 0 Å². The molecule has 0 aliphatic rings. The maximum atomic E-state index is 13.1. The number of aryl methyl sites for hydroxylation is 1. The lowest BCUT2D eigenvalue weighted by Crippen LogP contribution is -2.31. The van der Waals surface area contributed by atoms with Crippen LogP contribution in [0.2, 0.25) is 0 Å². The fraction of sp³-hybridized carbons (Fsp3) is 0.105. The number of hydrogen-bond acceptors (Lipinski definition) is 3. The Bertz CT molecular complexity index is 941. The Morgan fingerprint density at radius 3 is 2.24 bits per heavy atom. The summed E-state index contributed by atoms with van der Waals surface area (Å²) in [7, 11) is -3.80. The van der Waals surface area contributed by atoms with E-state index in [9.17, 15) is 12.8 Å². The fourth-order valence-corrected chi connectivity index (χ4v) is 3.79. The molecule has 0 bridgehead atoms. The van der Waals surface area contributed by atoms with Crippen molar-refractivity contribution in [1.82, 2.24) is 4.98 Å². The summed E-state index contributed by atoms with van der Waals surface area (Å²) in [4.78, 5) is 4.36. The first-order valence-electron chi connectivity index (χ1n) is 7.72. The van der Waals surface area contributed by atoms with Gasteiger partial charge in [-0.3, -0.25) is 0 Å². The number of pyridine rings is 1. The van der Waals surface area contributed by atoms with Gasteiger partial charge in [-0.15, -0.1) is 0 Å². The van der Waals surface area contributed by atoms with Crippen LogP contribution < -0.4 is 4.31 Å². The summed E-state index contributed by atoms with van der Waals surface area (Å²) in [6.07, 6.45) is 1.54. The monoisotopic (exact) mass is 356 g/mol. The number of aromatic nitrogens is 1. The van der Waals surface area contributed by atoms with E-state index in [0.717, 1.165) is 5.56 Å². The molecule has 0 amide bonds. The van der Waals surface area contributed by atoms with Gasteiger partial charge in [0.15, 0.2) is 0 Å². The van der Waals surface area contributed by atoms with Crippen molar-refractivity contribution in [1.29, 1.82) is 0 Å². The number of halogens is 1. The van der Waals surface area contributed by atoms with Crippen LogP contribution in [-0.4, -0.2) is 13.4 Å². The number of sulfonamides is 1. The quantitative estimate of drug-likeness (QED) is 0.696. The van der Waals surface area contributed by atoms with Gasteiger partial charge in [-0.2, -0.15) is 0 Å². The average Bonchev–Trinajstić information content (AvgIpc) is 2.62. The molecule has 128 valence electrons. The number of nitrogens with zero attached hydrogens (tertiary/aromatic N) is 2. The number of rotatable bonds is 5. The van der Waals surface area contributed by atoms with Gasteiger partial charge < -0.3 is 0 Å². The van der Waals surface area contributed by atoms with Gasteiger partial charge in [-0.05, 0) is 48.9 Å². The Kier molecular flexibility index (Phi) is 4.81. The minimum atomic E-state index is -3.80. The first kappa shape index (κ1) is 17.1. The predicted molar refractivity (Wildman–Crippen MR) is 95.2 cm³/mol. The summed E-state index contributed by atoms with van der Waals surface area (Å²) in [6.45, 7) is 1.96. The molecule has 0 aliphatic carbocycles. The van der Waals surface area contributed by atoms with Gasteiger partial charge in [0, 0.05) is 6.20 Å². The smallest absolute Gasteiger partial charge is 0.245 e. The molecule has 0 aliphatic heterocycles. The topological polar surface area (TPSA) is 50.3 Å². The largest absolute Gasteiger partial charge is 0.265 e. The van der Waals surface area contributed by atoms with Crippen LogP contribution in [0.3, 0.4) is 0 Å². The second-order valence-electron chi connectivity index (χ2n) is 5.64. The third-order valence-electron chi connectivity index (χ3n) is 3.75. The minimum absolute atomic E-state index is 0.0630. The first-order chi connectivity index (χ1) is 12.0. The second kappa shape index (κ2) is 7.03. The number of hydrogen-bond donors (Lipinski definition) is 0. The lowest BCUT2D eigenvalue weighted by Gasteiger charge is -2.23. The molecular weight excluding hydrogens is 339 g/mol. The molecule has 0 spiro atoms. The Morgan fingerprint density at radius 1 is 0.960 bits per heavy atom. The highest BCUT2D eigenvalue weighted by atomic mass is 32.2. The lowest BCUT2D eigenvalue weighted by molar-refractivity contribution is 0.589. The Balaban J connectivity index is 2.04. The lowest BCUT2D eigenvalue weighted by atomic mass is 10.2. The molecule has 2 aromatic carbocycles. The molecular formula is C19H17FN2O2S. The zero-order chi connectivity index (χ0) is 17.9. The maximum absolute atomic E-state index is 13.1. The predicted octanol–water partition coefficient (Wildman–Crippen LogP) is 3.92. The molecule has 0 unspecified atom stereocenters. The van der Waals surface area contributed by atoms with Crippen LogP contribution in [0.25, 0.3) is 0 Å². The number of benzene rings is 2. The van der Waals surface area contributed by atoms with Gasteiger partial charge >= 0.3 is 0 Å². The minimum Gasteiger partial charge on any atom is -0.245 e. The summed E-state index contributed by atoms with van der Waals surface area (Å²) in [5.74, 6) is -0.0538. The summed E-state index contributed by atoms with van der Waals surface area (Å²) in [5.41, 5.74) is 1.64. The van der Waals surface area contributed by atoms with E-state index in [1.54, 1.807) is 54.6 Å². The molecule has 0 atom stereocenters. The van der Waals surface area contributed by atoms with E-state index < -0.39 is 10.0 Å². The van der Waals surface area contributed by atoms with Crippen molar-refractivity contribution >= 4 is 15.8 Å². The summed E-state index contributed by atoms with van der Waals surface area (Å²) in [6, 6.07) is 17.5. The van der Waals surface area contributed by atoms with Crippen molar-refractivity contribution in [2.75, 3.05) is 4.31 Å². The van der Waals surface area contributed by atoms with Gasteiger partial charge in [0.1, 0.15) is 11.6 Å². The van der Waals surface area contributed by atoms with Crippen molar-refractivity contribution in [3.63, 3.8) is 0 Å².